The van der Waals surface area contributed by atoms with E-state index >= 15 is 0 Å². The molecule has 0 atom stereocenters. The maximum atomic E-state index is 5.54. The van der Waals surface area contributed by atoms with Crippen molar-refractivity contribution in [2.75, 3.05) is 24.2 Å². The Balaban J connectivity index is 2.51. The molecule has 0 aliphatic heterocycles. The number of hydrogen-bond donors (Lipinski definition) is 2. The van der Waals surface area contributed by atoms with Crippen LogP contribution in [0.5, 0.6) is 6.01 Å². The number of hydrogen-bond acceptors (Lipinski definition) is 6. The van der Waals surface area contributed by atoms with Gasteiger partial charge >= 0.3 is 6.01 Å². The maximum absolute atomic E-state index is 5.54. The summed E-state index contributed by atoms with van der Waals surface area (Å²) >= 11 is 0. The second kappa shape index (κ2) is 6.81. The van der Waals surface area contributed by atoms with E-state index in [1.165, 1.54) is 12.8 Å². The fourth-order valence-electron chi connectivity index (χ4n) is 1.22. The van der Waals surface area contributed by atoms with Crippen LogP contribution in [0.15, 0.2) is 0 Å². The Morgan fingerprint density at radius 3 is 2.69 bits per heavy atom. The molecule has 1 aromatic rings. The van der Waals surface area contributed by atoms with Gasteiger partial charge in [-0.3, -0.25) is 0 Å². The van der Waals surface area contributed by atoms with Crippen molar-refractivity contribution in [3.8, 4) is 6.01 Å². The van der Waals surface area contributed by atoms with Crippen LogP contribution in [0.2, 0.25) is 0 Å². The molecule has 0 spiro atoms. The number of aromatic nitrogens is 3. The minimum Gasteiger partial charge on any atom is -0.464 e. The zero-order chi connectivity index (χ0) is 11.8. The molecule has 0 saturated carbocycles. The number of anilines is 2. The molecule has 16 heavy (non-hydrogen) atoms. The second-order valence-corrected chi connectivity index (χ2v) is 3.37. The van der Waals surface area contributed by atoms with Gasteiger partial charge in [-0.2, -0.15) is 15.0 Å². The molecule has 90 valence electrons. The topological polar surface area (TPSA) is 86.0 Å². The van der Waals surface area contributed by atoms with E-state index in [9.17, 15) is 0 Å². The van der Waals surface area contributed by atoms with Crippen LogP contribution in [-0.4, -0.2) is 28.1 Å². The Morgan fingerprint density at radius 2 is 2.00 bits per heavy atom. The summed E-state index contributed by atoms with van der Waals surface area (Å²) in [6.07, 6.45) is 3.46. The molecular weight excluding hydrogens is 206 g/mol. The Labute approximate surface area is 95.6 Å². The zero-order valence-electron chi connectivity index (χ0n) is 9.86. The van der Waals surface area contributed by atoms with Crippen molar-refractivity contribution >= 4 is 11.9 Å². The number of rotatable bonds is 7. The summed E-state index contributed by atoms with van der Waals surface area (Å²) in [7, 11) is 0. The minimum absolute atomic E-state index is 0.177. The first kappa shape index (κ1) is 12.5. The van der Waals surface area contributed by atoms with E-state index in [0.717, 1.165) is 13.0 Å². The van der Waals surface area contributed by atoms with Crippen molar-refractivity contribution in [3.63, 3.8) is 0 Å². The van der Waals surface area contributed by atoms with Crippen molar-refractivity contribution in [2.24, 2.45) is 0 Å². The minimum atomic E-state index is 0.177. The van der Waals surface area contributed by atoms with Gasteiger partial charge in [0.1, 0.15) is 0 Å². The summed E-state index contributed by atoms with van der Waals surface area (Å²) in [5, 5.41) is 3.10. The number of nitrogens with two attached hydrogens (primary N) is 1. The number of nitrogens with zero attached hydrogens (tertiary/aromatic N) is 3. The number of nitrogen functional groups attached to an aromatic ring is 1. The van der Waals surface area contributed by atoms with Gasteiger partial charge in [0.25, 0.3) is 0 Å². The van der Waals surface area contributed by atoms with E-state index in [-0.39, 0.29) is 12.0 Å². The van der Waals surface area contributed by atoms with E-state index in [2.05, 4.69) is 27.2 Å². The lowest BCUT2D eigenvalue weighted by molar-refractivity contribution is 0.312. The third-order valence-corrected chi connectivity index (χ3v) is 1.97. The van der Waals surface area contributed by atoms with Crippen molar-refractivity contribution in [2.45, 2.75) is 33.1 Å². The first-order valence-corrected chi connectivity index (χ1v) is 5.64. The normalized spacial score (nSPS) is 10.1. The molecule has 0 fully saturated rings. The van der Waals surface area contributed by atoms with Crippen LogP contribution < -0.4 is 15.8 Å². The molecule has 0 aliphatic rings. The van der Waals surface area contributed by atoms with Crippen LogP contribution in [0.1, 0.15) is 33.1 Å². The first-order valence-electron chi connectivity index (χ1n) is 5.64. The Bertz CT molecular complexity index is 318. The van der Waals surface area contributed by atoms with Gasteiger partial charge in [0.15, 0.2) is 0 Å². The SMILES string of the molecule is CCCCCNc1nc(N)nc(OCC)n1. The molecule has 0 amide bonds. The van der Waals surface area contributed by atoms with Gasteiger partial charge in [-0.25, -0.2) is 0 Å². The van der Waals surface area contributed by atoms with Crippen molar-refractivity contribution in [1.82, 2.24) is 15.0 Å². The molecule has 0 unspecified atom stereocenters. The molecule has 1 rings (SSSR count). The van der Waals surface area contributed by atoms with E-state index in [1.54, 1.807) is 0 Å². The third kappa shape index (κ3) is 4.29. The Morgan fingerprint density at radius 1 is 1.19 bits per heavy atom. The van der Waals surface area contributed by atoms with Gasteiger partial charge < -0.3 is 15.8 Å². The van der Waals surface area contributed by atoms with Crippen LogP contribution in [-0.2, 0) is 0 Å². The van der Waals surface area contributed by atoms with Gasteiger partial charge in [-0.15, -0.1) is 0 Å². The largest absolute Gasteiger partial charge is 0.464 e. The zero-order valence-corrected chi connectivity index (χ0v) is 9.86. The predicted molar refractivity (Wildman–Crippen MR) is 63.4 cm³/mol. The number of unbranched alkanes of at least 4 members (excludes halogenated alkanes) is 2. The fourth-order valence-corrected chi connectivity index (χ4v) is 1.22. The standard InChI is InChI=1S/C10H19N5O/c1-3-5-6-7-12-9-13-8(11)14-10(15-9)16-4-2/h3-7H2,1-2H3,(H3,11,12,13,14,15). The fraction of sp³-hybridized carbons (Fsp3) is 0.700. The molecule has 6 nitrogen and oxygen atoms in total. The molecule has 0 radical (unpaired) electrons. The lowest BCUT2D eigenvalue weighted by atomic mass is 10.2. The van der Waals surface area contributed by atoms with E-state index in [1.807, 2.05) is 6.92 Å². The Kier molecular flexibility index (Phi) is 5.31. The van der Waals surface area contributed by atoms with Crippen molar-refractivity contribution in [3.05, 3.63) is 0 Å². The van der Waals surface area contributed by atoms with Gasteiger partial charge in [0, 0.05) is 6.54 Å². The highest BCUT2D eigenvalue weighted by Gasteiger charge is 2.03. The second-order valence-electron chi connectivity index (χ2n) is 3.37. The van der Waals surface area contributed by atoms with E-state index < -0.39 is 0 Å². The highest BCUT2D eigenvalue weighted by atomic mass is 16.5. The van der Waals surface area contributed by atoms with E-state index in [4.69, 9.17) is 10.5 Å². The van der Waals surface area contributed by atoms with Crippen LogP contribution in [0.4, 0.5) is 11.9 Å². The summed E-state index contributed by atoms with van der Waals surface area (Å²) in [6, 6.07) is 0.271. The summed E-state index contributed by atoms with van der Waals surface area (Å²) in [6.45, 7) is 5.38. The molecule has 0 aromatic carbocycles. The lowest BCUT2D eigenvalue weighted by Crippen LogP contribution is -2.10. The van der Waals surface area contributed by atoms with Crippen LogP contribution in [0.3, 0.4) is 0 Å². The monoisotopic (exact) mass is 225 g/mol. The highest BCUT2D eigenvalue weighted by molar-refractivity contribution is 5.32. The highest BCUT2D eigenvalue weighted by Crippen LogP contribution is 2.08. The van der Waals surface area contributed by atoms with Crippen molar-refractivity contribution < 1.29 is 4.74 Å². The van der Waals surface area contributed by atoms with Gasteiger partial charge in [0.05, 0.1) is 6.61 Å². The molecule has 0 bridgehead atoms. The van der Waals surface area contributed by atoms with Gasteiger partial charge in [0.2, 0.25) is 11.9 Å². The first-order chi connectivity index (χ1) is 7.76. The van der Waals surface area contributed by atoms with E-state index in [0.29, 0.717) is 12.6 Å². The van der Waals surface area contributed by atoms with Crippen LogP contribution in [0.25, 0.3) is 0 Å². The maximum Gasteiger partial charge on any atom is 0.323 e. The van der Waals surface area contributed by atoms with Gasteiger partial charge in [-0.05, 0) is 13.3 Å². The molecule has 3 N–H and O–H groups in total. The molecular formula is C10H19N5O. The summed E-state index contributed by atoms with van der Waals surface area (Å²) in [5.41, 5.74) is 5.54. The molecule has 0 aliphatic carbocycles. The summed E-state index contributed by atoms with van der Waals surface area (Å²) in [5.74, 6) is 0.656. The lowest BCUT2D eigenvalue weighted by Gasteiger charge is -2.06. The predicted octanol–water partition coefficient (Wildman–Crippen LogP) is 1.45. The van der Waals surface area contributed by atoms with Crippen LogP contribution >= 0.6 is 0 Å². The quantitative estimate of drug-likeness (QED) is 0.683. The average molecular weight is 225 g/mol. The third-order valence-electron chi connectivity index (χ3n) is 1.97. The number of nitrogens with one attached hydrogen (secondary N) is 1. The Hall–Kier alpha value is -1.59. The summed E-state index contributed by atoms with van der Waals surface area (Å²) in [4.78, 5) is 11.9. The molecule has 1 aromatic heterocycles. The average Bonchev–Trinajstić information content (AvgIpc) is 2.24. The number of ether oxygens (including phenoxy) is 1. The van der Waals surface area contributed by atoms with Crippen molar-refractivity contribution in [1.29, 1.82) is 0 Å². The molecule has 6 heteroatoms. The smallest absolute Gasteiger partial charge is 0.323 e. The van der Waals surface area contributed by atoms with Gasteiger partial charge in [-0.1, -0.05) is 19.8 Å². The molecule has 0 saturated heterocycles. The summed E-state index contributed by atoms with van der Waals surface area (Å²) < 4.78 is 5.17. The van der Waals surface area contributed by atoms with Crippen LogP contribution in [0, 0.1) is 0 Å². The molecule has 1 heterocycles.